The van der Waals surface area contributed by atoms with Crippen LogP contribution in [0, 0.1) is 6.92 Å². The van der Waals surface area contributed by atoms with Gasteiger partial charge in [-0.05, 0) is 43.7 Å². The summed E-state index contributed by atoms with van der Waals surface area (Å²) < 4.78 is 0. The maximum Gasteiger partial charge on any atom is 0.258 e. The zero-order valence-electron chi connectivity index (χ0n) is 19.5. The second-order valence-electron chi connectivity index (χ2n) is 8.65. The molecule has 7 nitrogen and oxygen atoms in total. The fourth-order valence-electron chi connectivity index (χ4n) is 4.55. The minimum atomic E-state index is -0.107. The van der Waals surface area contributed by atoms with Crippen LogP contribution in [0.25, 0.3) is 11.3 Å². The highest BCUT2D eigenvalue weighted by Crippen LogP contribution is 2.29. The number of aromatic amines is 1. The van der Waals surface area contributed by atoms with E-state index in [4.69, 9.17) is 10.7 Å². The van der Waals surface area contributed by atoms with Gasteiger partial charge in [-0.3, -0.25) is 9.79 Å². The number of benzene rings is 1. The molecule has 34 heavy (non-hydrogen) atoms. The molecule has 0 saturated carbocycles. The summed E-state index contributed by atoms with van der Waals surface area (Å²) in [7, 11) is 0. The molecule has 2 aliphatic heterocycles. The molecule has 1 saturated heterocycles. The molecule has 1 aromatic carbocycles. The van der Waals surface area contributed by atoms with Crippen LogP contribution in [-0.2, 0) is 0 Å². The molecule has 2 aromatic rings. The first kappa shape index (κ1) is 21.7. The van der Waals surface area contributed by atoms with Crippen LogP contribution in [0.3, 0.4) is 0 Å². The highest BCUT2D eigenvalue weighted by Gasteiger charge is 2.19. The van der Waals surface area contributed by atoms with Crippen LogP contribution in [-0.4, -0.2) is 41.9 Å². The number of anilines is 3. The minimum Gasteiger partial charge on any atom is -0.384 e. The van der Waals surface area contributed by atoms with Crippen LogP contribution in [0.5, 0.6) is 0 Å². The van der Waals surface area contributed by atoms with Gasteiger partial charge < -0.3 is 20.5 Å². The predicted molar refractivity (Wildman–Crippen MR) is 140 cm³/mol. The van der Waals surface area contributed by atoms with Gasteiger partial charge in [-0.1, -0.05) is 30.3 Å². The van der Waals surface area contributed by atoms with Gasteiger partial charge in [-0.25, -0.2) is 4.98 Å². The van der Waals surface area contributed by atoms with Gasteiger partial charge in [-0.15, -0.1) is 0 Å². The van der Waals surface area contributed by atoms with Crippen LogP contribution in [0.2, 0.25) is 0 Å². The molecule has 172 valence electrons. The molecule has 3 heterocycles. The largest absolute Gasteiger partial charge is 0.384 e. The lowest BCUT2D eigenvalue weighted by Gasteiger charge is -2.37. The summed E-state index contributed by atoms with van der Waals surface area (Å²) in [5.74, 6) is 0.543. The van der Waals surface area contributed by atoms with E-state index in [1.165, 1.54) is 0 Å². The molecule has 1 aromatic heterocycles. The van der Waals surface area contributed by atoms with Crippen LogP contribution < -0.4 is 21.1 Å². The van der Waals surface area contributed by atoms with Gasteiger partial charge in [0, 0.05) is 61.1 Å². The predicted octanol–water partition coefficient (Wildman–Crippen LogP) is 4.23. The molecule has 1 aliphatic carbocycles. The third-order valence-corrected chi connectivity index (χ3v) is 6.40. The molecule has 3 aliphatic rings. The van der Waals surface area contributed by atoms with Gasteiger partial charge in [-0.2, -0.15) is 0 Å². The summed E-state index contributed by atoms with van der Waals surface area (Å²) in [5.41, 5.74) is 13.0. The number of fused-ring (bicyclic) bond motifs is 1. The number of aliphatic imine (C=N–C) groups is 1. The first-order chi connectivity index (χ1) is 16.5. The second kappa shape index (κ2) is 9.02. The van der Waals surface area contributed by atoms with Crippen molar-refractivity contribution in [3.8, 4) is 11.3 Å². The number of rotatable bonds is 4. The number of hydrogen-bond donors (Lipinski definition) is 2. The Hall–Kier alpha value is -4.13. The molecule has 3 N–H and O–H groups in total. The fraction of sp³-hybridized carbons (Fsp3) is 0.222. The van der Waals surface area contributed by atoms with Crippen LogP contribution in [0.15, 0.2) is 76.6 Å². The van der Waals surface area contributed by atoms with Crippen molar-refractivity contribution in [2.24, 2.45) is 4.99 Å². The smallest absolute Gasteiger partial charge is 0.258 e. The molecule has 0 spiro atoms. The van der Waals surface area contributed by atoms with Crippen molar-refractivity contribution in [2.45, 2.75) is 13.8 Å². The first-order valence-electron chi connectivity index (χ1n) is 11.5. The van der Waals surface area contributed by atoms with Gasteiger partial charge in [0.25, 0.3) is 5.56 Å². The summed E-state index contributed by atoms with van der Waals surface area (Å²) in [6.07, 6.45) is 1.75. The number of hydrogen-bond acceptors (Lipinski definition) is 6. The van der Waals surface area contributed by atoms with Crippen molar-refractivity contribution in [2.75, 3.05) is 41.7 Å². The zero-order valence-corrected chi connectivity index (χ0v) is 19.5. The van der Waals surface area contributed by atoms with E-state index >= 15 is 0 Å². The van der Waals surface area contributed by atoms with Crippen LogP contribution in [0.1, 0.15) is 18.1 Å². The van der Waals surface area contributed by atoms with E-state index in [0.29, 0.717) is 17.1 Å². The van der Waals surface area contributed by atoms with E-state index in [2.05, 4.69) is 44.9 Å². The second-order valence-corrected chi connectivity index (χ2v) is 8.65. The number of nitrogens with one attached hydrogen (secondary N) is 1. The maximum atomic E-state index is 12.7. The molecule has 0 unspecified atom stereocenters. The van der Waals surface area contributed by atoms with Crippen molar-refractivity contribution < 1.29 is 0 Å². The first-order valence-corrected chi connectivity index (χ1v) is 11.5. The Labute approximate surface area is 198 Å². The monoisotopic (exact) mass is 452 g/mol. The van der Waals surface area contributed by atoms with E-state index in [0.717, 1.165) is 60.1 Å². The molecule has 5 rings (SSSR count). The standard InChI is InChI=1S/C27H28N6O/c1-18-8-9-20(32-12-14-33(15-13-32)21-10-11-29-25(28)17-21)16-24(18)30-19(2)26-22-6-4-3-5-7-23(22)31-27(26)34/h3-11,16-17H,12-15H2,1-2H3,(H2,28,29)(H,31,34)/b30-19+. The van der Waals surface area contributed by atoms with Gasteiger partial charge in [0.1, 0.15) is 5.82 Å². The third kappa shape index (κ3) is 4.24. The molecule has 7 heteroatoms. The Bertz CT molecular complexity index is 1380. The summed E-state index contributed by atoms with van der Waals surface area (Å²) in [5, 5.41) is 0. The van der Waals surface area contributed by atoms with Crippen molar-refractivity contribution in [3.05, 3.63) is 88.3 Å². The average Bonchev–Trinajstić information content (AvgIpc) is 2.98. The number of aromatic nitrogens is 2. The van der Waals surface area contributed by atoms with Gasteiger partial charge in [0.2, 0.25) is 0 Å². The highest BCUT2D eigenvalue weighted by atomic mass is 16.1. The number of H-pyrrole nitrogens is 1. The number of nitrogen functional groups attached to an aromatic ring is 1. The Morgan fingerprint density at radius 2 is 1.68 bits per heavy atom. The van der Waals surface area contributed by atoms with Crippen LogP contribution in [0.4, 0.5) is 22.9 Å². The molecule has 1 fully saturated rings. The lowest BCUT2D eigenvalue weighted by molar-refractivity contribution is 0.653. The summed E-state index contributed by atoms with van der Waals surface area (Å²) in [6, 6.07) is 20.0. The molecule has 0 bridgehead atoms. The van der Waals surface area contributed by atoms with Crippen molar-refractivity contribution in [1.29, 1.82) is 0 Å². The number of nitrogens with zero attached hydrogens (tertiary/aromatic N) is 4. The number of pyridine rings is 1. The lowest BCUT2D eigenvalue weighted by Crippen LogP contribution is -2.46. The van der Waals surface area contributed by atoms with E-state index in [9.17, 15) is 4.79 Å². The van der Waals surface area contributed by atoms with Crippen molar-refractivity contribution >= 4 is 28.6 Å². The van der Waals surface area contributed by atoms with Gasteiger partial charge in [0.15, 0.2) is 0 Å². The molecular weight excluding hydrogens is 424 g/mol. The van der Waals surface area contributed by atoms with E-state index < -0.39 is 0 Å². The SMILES string of the molecule is C/C(=N\c1cc(N2CCN(c3ccnc(N)c3)CC2)ccc1C)c1c2cccccc-2[nH]c1=O. The Balaban J connectivity index is 1.39. The Morgan fingerprint density at radius 1 is 0.971 bits per heavy atom. The zero-order chi connectivity index (χ0) is 23.7. The van der Waals surface area contributed by atoms with Gasteiger partial charge in [0.05, 0.1) is 17.0 Å². The van der Waals surface area contributed by atoms with E-state index in [1.54, 1.807) is 6.20 Å². The summed E-state index contributed by atoms with van der Waals surface area (Å²) in [4.78, 5) is 29.3. The highest BCUT2D eigenvalue weighted by molar-refractivity contribution is 6.05. The van der Waals surface area contributed by atoms with E-state index in [1.807, 2.05) is 49.4 Å². The Kier molecular flexibility index (Phi) is 5.76. The van der Waals surface area contributed by atoms with E-state index in [-0.39, 0.29) is 5.56 Å². The summed E-state index contributed by atoms with van der Waals surface area (Å²) >= 11 is 0. The van der Waals surface area contributed by atoms with Crippen molar-refractivity contribution in [1.82, 2.24) is 9.97 Å². The summed E-state index contributed by atoms with van der Waals surface area (Å²) in [6.45, 7) is 7.56. The third-order valence-electron chi connectivity index (χ3n) is 6.40. The maximum absolute atomic E-state index is 12.7. The molecule has 0 atom stereocenters. The number of piperazine rings is 1. The van der Waals surface area contributed by atoms with Crippen molar-refractivity contribution in [3.63, 3.8) is 0 Å². The molecule has 0 amide bonds. The molecule has 0 radical (unpaired) electrons. The topological polar surface area (TPSA) is 90.6 Å². The fourth-order valence-corrected chi connectivity index (χ4v) is 4.55. The number of aryl methyl sites for hydroxylation is 1. The normalized spacial score (nSPS) is 14.6. The number of nitrogens with two attached hydrogens (primary N) is 1. The average molecular weight is 453 g/mol. The molecular formula is C27H28N6O. The minimum absolute atomic E-state index is 0.107. The quantitative estimate of drug-likeness (QED) is 0.452. The Morgan fingerprint density at radius 3 is 2.41 bits per heavy atom. The van der Waals surface area contributed by atoms with Crippen LogP contribution >= 0.6 is 0 Å². The lowest BCUT2D eigenvalue weighted by atomic mass is 10.1. The van der Waals surface area contributed by atoms with Gasteiger partial charge >= 0.3 is 0 Å².